The highest BCUT2D eigenvalue weighted by molar-refractivity contribution is 7.81. The van der Waals surface area contributed by atoms with Crippen LogP contribution in [0.5, 0.6) is 11.5 Å². The maximum Gasteiger partial charge on any atom is 0.162 e. The summed E-state index contributed by atoms with van der Waals surface area (Å²) in [6.45, 7) is 0.886. The van der Waals surface area contributed by atoms with E-state index in [1.165, 1.54) is 5.56 Å². The van der Waals surface area contributed by atoms with E-state index in [0.29, 0.717) is 10.0 Å². The first-order chi connectivity index (χ1) is 18.6. The number of ether oxygens (including phenoxy) is 2. The van der Waals surface area contributed by atoms with Crippen molar-refractivity contribution in [1.82, 2.24) is 14.2 Å². The summed E-state index contributed by atoms with van der Waals surface area (Å²) in [4.78, 5) is 0.593. The fourth-order valence-corrected chi connectivity index (χ4v) is 5.65. The van der Waals surface area contributed by atoms with Crippen molar-refractivity contribution in [2.75, 3.05) is 19.5 Å². The van der Waals surface area contributed by atoms with Crippen LogP contribution in [-0.4, -0.2) is 33.4 Å². The summed E-state index contributed by atoms with van der Waals surface area (Å²) >= 11 is 12.3. The number of thiocarbonyl (C=S) groups is 1. The molecule has 1 N–H and O–H groups in total. The van der Waals surface area contributed by atoms with E-state index in [-0.39, 0.29) is 0 Å². The molecule has 0 bridgehead atoms. The van der Waals surface area contributed by atoms with Crippen LogP contribution in [0.25, 0.3) is 28.2 Å². The lowest BCUT2D eigenvalue weighted by molar-refractivity contribution is 0.415. The fraction of sp³-hybridized carbons (Fsp3) is 0.200. The Bertz CT molecular complexity index is 1640. The molecule has 3 aromatic carbocycles. The van der Waals surface area contributed by atoms with Gasteiger partial charge < -0.3 is 19.4 Å². The number of hydrogen-bond acceptors (Lipinski definition) is 4. The highest BCUT2D eigenvalue weighted by Crippen LogP contribution is 2.39. The van der Waals surface area contributed by atoms with Gasteiger partial charge in [-0.25, -0.2) is 4.52 Å². The lowest BCUT2D eigenvalue weighted by Crippen LogP contribution is -2.15. The SMILES string of the molecule is COc1ccc(-c2nn3c(C(=S)Nc4cccc(OC)c4)c(-c4ccc(Cl)cc4)c4c3n2CCCC4)cc1. The van der Waals surface area contributed by atoms with E-state index >= 15 is 0 Å². The highest BCUT2D eigenvalue weighted by Gasteiger charge is 2.29. The minimum absolute atomic E-state index is 0.593. The van der Waals surface area contributed by atoms with Crippen molar-refractivity contribution in [3.05, 3.63) is 89.1 Å². The van der Waals surface area contributed by atoms with Gasteiger partial charge in [0.15, 0.2) is 5.82 Å². The van der Waals surface area contributed by atoms with Gasteiger partial charge in [-0.05, 0) is 73.4 Å². The summed E-state index contributed by atoms with van der Waals surface area (Å²) in [7, 11) is 3.33. The summed E-state index contributed by atoms with van der Waals surface area (Å²) in [5.41, 5.74) is 7.26. The zero-order valence-corrected chi connectivity index (χ0v) is 22.8. The molecular weight excluding hydrogens is 516 g/mol. The van der Waals surface area contributed by atoms with Crippen LogP contribution in [0.1, 0.15) is 24.1 Å². The zero-order valence-electron chi connectivity index (χ0n) is 21.2. The average Bonchev–Trinajstić information content (AvgIpc) is 3.36. The third-order valence-electron chi connectivity index (χ3n) is 7.01. The van der Waals surface area contributed by atoms with E-state index < -0.39 is 0 Å². The van der Waals surface area contributed by atoms with Gasteiger partial charge in [0, 0.05) is 40.0 Å². The fourth-order valence-electron chi connectivity index (χ4n) is 5.22. The van der Waals surface area contributed by atoms with Gasteiger partial charge in [-0.15, -0.1) is 5.10 Å². The Labute approximate surface area is 231 Å². The largest absolute Gasteiger partial charge is 0.497 e. The van der Waals surface area contributed by atoms with Crippen LogP contribution in [0.15, 0.2) is 72.8 Å². The molecule has 0 saturated carbocycles. The van der Waals surface area contributed by atoms with Crippen LogP contribution in [0, 0.1) is 0 Å². The molecule has 0 amide bonds. The summed E-state index contributed by atoms with van der Waals surface area (Å²) in [5, 5.41) is 9.32. The second-order valence-corrected chi connectivity index (χ2v) is 10.1. The van der Waals surface area contributed by atoms with Gasteiger partial charge in [0.1, 0.15) is 27.8 Å². The van der Waals surface area contributed by atoms with Crippen LogP contribution >= 0.6 is 23.8 Å². The third kappa shape index (κ3) is 4.31. The molecule has 0 unspecified atom stereocenters. The first kappa shape index (κ1) is 24.5. The molecule has 1 aliphatic rings. The van der Waals surface area contributed by atoms with Crippen LogP contribution < -0.4 is 14.8 Å². The molecule has 1 aliphatic heterocycles. The molecule has 0 atom stereocenters. The van der Waals surface area contributed by atoms with Gasteiger partial charge in [0.2, 0.25) is 0 Å². The molecule has 2 aromatic heterocycles. The van der Waals surface area contributed by atoms with Crippen molar-refractivity contribution in [1.29, 1.82) is 0 Å². The van der Waals surface area contributed by atoms with Gasteiger partial charge in [0.25, 0.3) is 0 Å². The van der Waals surface area contributed by atoms with Gasteiger partial charge >= 0.3 is 0 Å². The number of nitrogens with zero attached hydrogens (tertiary/aromatic N) is 3. The summed E-state index contributed by atoms with van der Waals surface area (Å²) in [5.74, 6) is 2.49. The predicted octanol–water partition coefficient (Wildman–Crippen LogP) is 7.26. The molecule has 0 saturated heterocycles. The molecule has 0 radical (unpaired) electrons. The number of aryl methyl sites for hydroxylation is 2. The maximum absolute atomic E-state index is 6.26. The van der Waals surface area contributed by atoms with Crippen molar-refractivity contribution in [2.24, 2.45) is 0 Å². The van der Waals surface area contributed by atoms with E-state index in [1.54, 1.807) is 14.2 Å². The van der Waals surface area contributed by atoms with E-state index in [2.05, 4.69) is 34.1 Å². The Morgan fingerprint density at radius 1 is 0.921 bits per heavy atom. The normalized spacial score (nSPS) is 12.8. The minimum atomic E-state index is 0.593. The highest BCUT2D eigenvalue weighted by atomic mass is 35.5. The second kappa shape index (κ2) is 10.2. The first-order valence-electron chi connectivity index (χ1n) is 12.6. The number of anilines is 1. The molecule has 0 spiro atoms. The minimum Gasteiger partial charge on any atom is -0.497 e. The number of rotatable bonds is 6. The van der Waals surface area contributed by atoms with E-state index in [0.717, 1.165) is 76.8 Å². The van der Waals surface area contributed by atoms with E-state index in [1.807, 2.05) is 53.0 Å². The van der Waals surface area contributed by atoms with Crippen molar-refractivity contribution < 1.29 is 9.47 Å². The van der Waals surface area contributed by atoms with Crippen molar-refractivity contribution in [3.8, 4) is 34.0 Å². The van der Waals surface area contributed by atoms with Crippen molar-refractivity contribution in [2.45, 2.75) is 25.8 Å². The van der Waals surface area contributed by atoms with Crippen LogP contribution in [0.4, 0.5) is 5.69 Å². The van der Waals surface area contributed by atoms with Crippen LogP contribution in [0.3, 0.4) is 0 Å². The van der Waals surface area contributed by atoms with Gasteiger partial charge in [0.05, 0.1) is 14.2 Å². The number of benzene rings is 3. The third-order valence-corrected chi connectivity index (χ3v) is 7.56. The van der Waals surface area contributed by atoms with Crippen molar-refractivity contribution in [3.63, 3.8) is 0 Å². The summed E-state index contributed by atoms with van der Waals surface area (Å²) < 4.78 is 15.2. The number of halogens is 1. The quantitative estimate of drug-likeness (QED) is 0.229. The smallest absolute Gasteiger partial charge is 0.162 e. The molecule has 192 valence electrons. The number of methoxy groups -OCH3 is 2. The van der Waals surface area contributed by atoms with Crippen molar-refractivity contribution >= 4 is 40.1 Å². The Kier molecular flexibility index (Phi) is 6.55. The Hall–Kier alpha value is -3.81. The number of nitrogens with one attached hydrogen (secondary N) is 1. The molecule has 5 aromatic rings. The summed E-state index contributed by atoms with van der Waals surface area (Å²) in [6.07, 6.45) is 3.10. The first-order valence-corrected chi connectivity index (χ1v) is 13.4. The monoisotopic (exact) mass is 542 g/mol. The van der Waals surface area contributed by atoms with Gasteiger partial charge in [-0.3, -0.25) is 0 Å². The molecule has 6 nitrogen and oxygen atoms in total. The Morgan fingerprint density at radius 3 is 2.39 bits per heavy atom. The van der Waals surface area contributed by atoms with E-state index in [4.69, 9.17) is 38.4 Å². The molecule has 38 heavy (non-hydrogen) atoms. The van der Waals surface area contributed by atoms with Crippen LogP contribution in [0.2, 0.25) is 5.02 Å². The topological polar surface area (TPSA) is 52.7 Å². The predicted molar refractivity (Wildman–Crippen MR) is 157 cm³/mol. The number of aromatic nitrogens is 3. The molecular formula is C30H27ClN4O2S. The second-order valence-electron chi connectivity index (χ2n) is 9.29. The molecule has 8 heteroatoms. The standard InChI is InChI=1S/C30H27ClN4O2S/c1-36-23-15-11-20(12-16-23)28-33-35-27(29(38)32-22-6-5-7-24(18-22)37-2)26(19-9-13-21(31)14-10-19)25-8-3-4-17-34(28)30(25)35/h5-7,9-16,18H,3-4,8,17H2,1-2H3,(H,32,38). The number of hydrogen-bond donors (Lipinski definition) is 1. The molecule has 3 heterocycles. The van der Waals surface area contributed by atoms with E-state index in [9.17, 15) is 0 Å². The lowest BCUT2D eigenvalue weighted by Gasteiger charge is -2.12. The maximum atomic E-state index is 6.26. The van der Waals surface area contributed by atoms with Crippen LogP contribution in [-0.2, 0) is 13.0 Å². The molecule has 6 rings (SSSR count). The van der Waals surface area contributed by atoms with Gasteiger partial charge in [-0.1, -0.05) is 42.0 Å². The summed E-state index contributed by atoms with van der Waals surface area (Å²) in [6, 6.07) is 23.8. The van der Waals surface area contributed by atoms with Gasteiger partial charge in [-0.2, -0.15) is 0 Å². The zero-order chi connectivity index (χ0) is 26.2. The molecule has 0 fully saturated rings. The molecule has 0 aliphatic carbocycles. The Morgan fingerprint density at radius 2 is 1.66 bits per heavy atom. The Balaban J connectivity index is 1.57. The lowest BCUT2D eigenvalue weighted by atomic mass is 9.98. The average molecular weight is 543 g/mol.